The molecule has 0 unspecified atom stereocenters. The predicted octanol–water partition coefficient (Wildman–Crippen LogP) is 2.70. The molecule has 1 aromatic rings. The third-order valence-electron chi connectivity index (χ3n) is 2.77. The van der Waals surface area contributed by atoms with Crippen LogP contribution < -0.4 is 11.1 Å². The Hall–Kier alpha value is -1.63. The minimum absolute atomic E-state index is 0.290. The second kappa shape index (κ2) is 5.78. The summed E-state index contributed by atoms with van der Waals surface area (Å²) >= 11 is 0. The average Bonchev–Trinajstić information content (AvgIpc) is 2.26. The van der Waals surface area contributed by atoms with Gasteiger partial charge < -0.3 is 11.1 Å². The molecule has 0 heterocycles. The van der Waals surface area contributed by atoms with Crippen LogP contribution in [0, 0.1) is 5.82 Å². The molecule has 0 saturated carbocycles. The Bertz CT molecular complexity index is 498. The van der Waals surface area contributed by atoms with Gasteiger partial charge in [-0.2, -0.15) is 13.2 Å². The lowest BCUT2D eigenvalue weighted by atomic mass is 9.99. The van der Waals surface area contributed by atoms with E-state index in [9.17, 15) is 22.4 Å². The zero-order valence-electron chi connectivity index (χ0n) is 11.1. The van der Waals surface area contributed by atoms with Crippen LogP contribution in [0.15, 0.2) is 18.2 Å². The van der Waals surface area contributed by atoms with Crippen molar-refractivity contribution in [3.63, 3.8) is 0 Å². The van der Waals surface area contributed by atoms with Gasteiger partial charge in [-0.3, -0.25) is 4.79 Å². The predicted molar refractivity (Wildman–Crippen MR) is 66.6 cm³/mol. The molecule has 7 heteroatoms. The highest BCUT2D eigenvalue weighted by Gasteiger charge is 2.36. The number of hydrogen-bond donors (Lipinski definition) is 2. The molecule has 0 radical (unpaired) electrons. The molecule has 0 aromatic heterocycles. The fourth-order valence-electron chi connectivity index (χ4n) is 1.72. The summed E-state index contributed by atoms with van der Waals surface area (Å²) < 4.78 is 51.5. The number of nitrogens with two attached hydrogens (primary N) is 1. The molecule has 1 aromatic carbocycles. The highest BCUT2D eigenvalue weighted by atomic mass is 19.4. The molecule has 0 saturated heterocycles. The van der Waals surface area contributed by atoms with Crippen LogP contribution in [0.25, 0.3) is 0 Å². The fourth-order valence-corrected chi connectivity index (χ4v) is 1.72. The molecule has 3 nitrogen and oxygen atoms in total. The highest BCUT2D eigenvalue weighted by Crippen LogP contribution is 2.32. The topological polar surface area (TPSA) is 55.1 Å². The van der Waals surface area contributed by atoms with Crippen LogP contribution in [-0.4, -0.2) is 18.0 Å². The lowest BCUT2D eigenvalue weighted by Crippen LogP contribution is -2.45. The third-order valence-corrected chi connectivity index (χ3v) is 2.77. The Morgan fingerprint density at radius 2 is 1.90 bits per heavy atom. The van der Waals surface area contributed by atoms with Gasteiger partial charge in [-0.1, -0.05) is 6.07 Å². The summed E-state index contributed by atoms with van der Waals surface area (Å²) in [5, 5.41) is 2.47. The molecule has 0 bridgehead atoms. The molecule has 0 spiro atoms. The first-order valence-corrected chi connectivity index (χ1v) is 5.97. The van der Waals surface area contributed by atoms with Crippen molar-refractivity contribution in [1.82, 2.24) is 5.32 Å². The maximum absolute atomic E-state index is 13.8. The maximum atomic E-state index is 13.8. The summed E-state index contributed by atoms with van der Waals surface area (Å²) in [4.78, 5) is 11.9. The van der Waals surface area contributed by atoms with E-state index in [1.54, 1.807) is 13.8 Å². The quantitative estimate of drug-likeness (QED) is 0.838. The van der Waals surface area contributed by atoms with E-state index in [-0.39, 0.29) is 0 Å². The number of hydrogen-bond acceptors (Lipinski definition) is 2. The number of carbonyl (C=O) groups excluding carboxylic acids is 1. The summed E-state index contributed by atoms with van der Waals surface area (Å²) in [5.41, 5.74) is 2.55. The number of alkyl halides is 3. The first-order valence-electron chi connectivity index (χ1n) is 5.97. The lowest BCUT2D eigenvalue weighted by Gasteiger charge is -2.26. The van der Waals surface area contributed by atoms with Crippen molar-refractivity contribution >= 4 is 5.91 Å². The molecule has 0 aliphatic carbocycles. The molecule has 3 N–H and O–H groups in total. The minimum atomic E-state index is -4.84. The Balaban J connectivity index is 3.06. The number of benzene rings is 1. The molecule has 0 atom stereocenters. The smallest absolute Gasteiger partial charge is 0.347 e. The number of rotatable bonds is 4. The molecule has 0 fully saturated rings. The van der Waals surface area contributed by atoms with E-state index in [0.717, 1.165) is 12.1 Å². The molecule has 0 aliphatic heterocycles. The summed E-state index contributed by atoms with van der Waals surface area (Å²) in [6.45, 7) is 3.60. The molecule has 1 amide bonds. The van der Waals surface area contributed by atoms with Crippen molar-refractivity contribution in [3.05, 3.63) is 35.1 Å². The second-order valence-electron chi connectivity index (χ2n) is 5.04. The Morgan fingerprint density at radius 3 is 2.40 bits per heavy atom. The Labute approximate surface area is 114 Å². The molecule has 20 heavy (non-hydrogen) atoms. The van der Waals surface area contributed by atoms with Gasteiger partial charge in [0.05, 0.1) is 11.1 Å². The number of halogens is 4. The molecular formula is C13H16F4N2O. The summed E-state index contributed by atoms with van der Waals surface area (Å²) in [7, 11) is 0. The van der Waals surface area contributed by atoms with Crippen LogP contribution in [0.1, 0.15) is 36.2 Å². The van der Waals surface area contributed by atoms with E-state index in [2.05, 4.69) is 5.32 Å². The van der Waals surface area contributed by atoms with Crippen LogP contribution >= 0.6 is 0 Å². The van der Waals surface area contributed by atoms with Crippen molar-refractivity contribution in [2.75, 3.05) is 6.54 Å². The van der Waals surface area contributed by atoms with Gasteiger partial charge in [0.25, 0.3) is 5.91 Å². The van der Waals surface area contributed by atoms with Gasteiger partial charge in [0.1, 0.15) is 5.82 Å². The minimum Gasteiger partial charge on any atom is -0.347 e. The Kier molecular flexibility index (Phi) is 4.75. The largest absolute Gasteiger partial charge is 0.419 e. The SMILES string of the molecule is CC(C)(CCN)NC(=O)c1cccc(C(F)(F)F)c1F. The number of amides is 1. The lowest BCUT2D eigenvalue weighted by molar-refractivity contribution is -0.140. The highest BCUT2D eigenvalue weighted by molar-refractivity contribution is 5.95. The molecule has 1 rings (SSSR count). The van der Waals surface area contributed by atoms with Crippen molar-refractivity contribution in [1.29, 1.82) is 0 Å². The van der Waals surface area contributed by atoms with Crippen molar-refractivity contribution in [2.45, 2.75) is 32.0 Å². The average molecular weight is 292 g/mol. The number of nitrogens with one attached hydrogen (secondary N) is 1. The van der Waals surface area contributed by atoms with Gasteiger partial charge >= 0.3 is 6.18 Å². The maximum Gasteiger partial charge on any atom is 0.419 e. The standard InChI is InChI=1S/C13H16F4N2O/c1-12(2,6-7-18)19-11(20)8-4-3-5-9(10(8)14)13(15,16)17/h3-5H,6-7,18H2,1-2H3,(H,19,20). The first-order chi connectivity index (χ1) is 9.08. The van der Waals surface area contributed by atoms with Crippen LogP contribution in [-0.2, 0) is 6.18 Å². The van der Waals surface area contributed by atoms with Crippen LogP contribution in [0.5, 0.6) is 0 Å². The Morgan fingerprint density at radius 1 is 1.30 bits per heavy atom. The summed E-state index contributed by atoms with van der Waals surface area (Å²) in [6, 6.07) is 2.60. The van der Waals surface area contributed by atoms with Gasteiger partial charge in [-0.25, -0.2) is 4.39 Å². The van der Waals surface area contributed by atoms with Gasteiger partial charge in [0, 0.05) is 5.54 Å². The van der Waals surface area contributed by atoms with Gasteiger partial charge in [0.15, 0.2) is 0 Å². The van der Waals surface area contributed by atoms with Crippen LogP contribution in [0.2, 0.25) is 0 Å². The van der Waals surface area contributed by atoms with Gasteiger partial charge in [-0.15, -0.1) is 0 Å². The van der Waals surface area contributed by atoms with E-state index in [4.69, 9.17) is 5.73 Å². The monoisotopic (exact) mass is 292 g/mol. The van der Waals surface area contributed by atoms with Gasteiger partial charge in [-0.05, 0) is 38.9 Å². The molecular weight excluding hydrogens is 276 g/mol. The van der Waals surface area contributed by atoms with E-state index in [1.165, 1.54) is 0 Å². The van der Waals surface area contributed by atoms with Crippen molar-refractivity contribution in [2.24, 2.45) is 5.73 Å². The zero-order valence-corrected chi connectivity index (χ0v) is 11.1. The van der Waals surface area contributed by atoms with E-state index in [0.29, 0.717) is 19.0 Å². The van der Waals surface area contributed by atoms with Crippen molar-refractivity contribution < 1.29 is 22.4 Å². The van der Waals surface area contributed by atoms with E-state index < -0.39 is 34.6 Å². The number of carbonyl (C=O) groups is 1. The van der Waals surface area contributed by atoms with Crippen LogP contribution in [0.3, 0.4) is 0 Å². The van der Waals surface area contributed by atoms with Crippen LogP contribution in [0.4, 0.5) is 17.6 Å². The fraction of sp³-hybridized carbons (Fsp3) is 0.462. The van der Waals surface area contributed by atoms with E-state index >= 15 is 0 Å². The third kappa shape index (κ3) is 3.93. The van der Waals surface area contributed by atoms with E-state index in [1.807, 2.05) is 0 Å². The van der Waals surface area contributed by atoms with Crippen molar-refractivity contribution in [3.8, 4) is 0 Å². The normalized spacial score (nSPS) is 12.3. The summed E-state index contributed by atoms with van der Waals surface area (Å²) in [5.74, 6) is -2.46. The van der Waals surface area contributed by atoms with Gasteiger partial charge in [0.2, 0.25) is 0 Å². The zero-order chi connectivity index (χ0) is 15.6. The molecule has 112 valence electrons. The summed E-state index contributed by atoms with van der Waals surface area (Å²) in [6.07, 6.45) is -4.42. The first kappa shape index (κ1) is 16.4. The second-order valence-corrected chi connectivity index (χ2v) is 5.04. The molecule has 0 aliphatic rings.